The molecule has 262 valence electrons. The summed E-state index contributed by atoms with van der Waals surface area (Å²) in [4.78, 5) is 32.8. The number of furan rings is 1. The van der Waals surface area contributed by atoms with Crippen LogP contribution in [-0.2, 0) is 17.8 Å². The fourth-order valence-corrected chi connectivity index (χ4v) is 7.06. The van der Waals surface area contributed by atoms with Crippen LogP contribution in [-0.4, -0.2) is 89.2 Å². The maximum Gasteiger partial charge on any atom is 0.289 e. The summed E-state index contributed by atoms with van der Waals surface area (Å²) in [6.45, 7) is -0.293. The third-order valence-corrected chi connectivity index (χ3v) is 9.55. The number of aliphatic hydroxyl groups is 3. The molecule has 5 N–H and O–H groups in total. The van der Waals surface area contributed by atoms with Crippen molar-refractivity contribution in [2.24, 2.45) is 0 Å². The molecule has 50 heavy (non-hydrogen) atoms. The van der Waals surface area contributed by atoms with Crippen molar-refractivity contribution < 1.29 is 43.5 Å². The second-order valence-corrected chi connectivity index (χ2v) is 13.1. The molecule has 13 heteroatoms. The monoisotopic (exact) mass is 795 g/mol. The first-order chi connectivity index (χ1) is 24.2. The van der Waals surface area contributed by atoms with Gasteiger partial charge in [-0.15, -0.1) is 0 Å². The van der Waals surface area contributed by atoms with Crippen molar-refractivity contribution in [3.63, 3.8) is 0 Å². The normalized spacial score (nSPS) is 17.4. The van der Waals surface area contributed by atoms with E-state index in [-0.39, 0.29) is 44.1 Å². The minimum absolute atomic E-state index is 0.00203. The van der Waals surface area contributed by atoms with Crippen LogP contribution in [0.2, 0.25) is 0 Å². The zero-order chi connectivity index (χ0) is 35.4. The Morgan fingerprint density at radius 2 is 1.80 bits per heavy atom. The van der Waals surface area contributed by atoms with Gasteiger partial charge in [0.1, 0.15) is 12.2 Å². The summed E-state index contributed by atoms with van der Waals surface area (Å²) in [5.74, 6) is 0.206. The smallest absolute Gasteiger partial charge is 0.289 e. The van der Waals surface area contributed by atoms with Gasteiger partial charge < -0.3 is 49.1 Å². The molecule has 2 amide bonds. The molecule has 1 aliphatic carbocycles. The first-order valence-electron chi connectivity index (χ1n) is 16.1. The predicted octanol–water partition coefficient (Wildman–Crippen LogP) is 4.33. The van der Waals surface area contributed by atoms with Gasteiger partial charge in [0.25, 0.3) is 5.91 Å². The largest absolute Gasteiger partial charge is 0.493 e. The molecule has 0 fully saturated rings. The van der Waals surface area contributed by atoms with Crippen molar-refractivity contribution in [3.8, 4) is 17.2 Å². The quantitative estimate of drug-likeness (QED) is 0.109. The molecule has 0 spiro atoms. The second kappa shape index (κ2) is 15.5. The van der Waals surface area contributed by atoms with E-state index in [1.54, 1.807) is 30.3 Å². The molecule has 0 saturated heterocycles. The van der Waals surface area contributed by atoms with Gasteiger partial charge in [-0.25, -0.2) is 0 Å². The number of carbonyl (C=O) groups is 2. The van der Waals surface area contributed by atoms with Crippen LogP contribution in [0, 0.1) is 3.57 Å². The molecule has 6 rings (SSSR count). The van der Waals surface area contributed by atoms with Gasteiger partial charge >= 0.3 is 0 Å². The number of carbonyl (C=O) groups excluding carboxylic acids is 2. The van der Waals surface area contributed by atoms with Gasteiger partial charge in [-0.05, 0) is 76.0 Å². The Kier molecular flexibility index (Phi) is 11.0. The summed E-state index contributed by atoms with van der Waals surface area (Å²) in [5.41, 5.74) is 3.13. The third kappa shape index (κ3) is 7.31. The Morgan fingerprint density at radius 3 is 2.54 bits per heavy atom. The minimum Gasteiger partial charge on any atom is -0.493 e. The summed E-state index contributed by atoms with van der Waals surface area (Å²) in [5, 5.41) is 35.5. The Labute approximate surface area is 301 Å². The van der Waals surface area contributed by atoms with E-state index in [0.29, 0.717) is 43.8 Å². The minimum atomic E-state index is -1.30. The number of benzene rings is 3. The fourth-order valence-electron chi connectivity index (χ4n) is 6.27. The highest BCUT2D eigenvalue weighted by atomic mass is 127. The molecule has 0 aliphatic heterocycles. The van der Waals surface area contributed by atoms with Crippen molar-refractivity contribution in [1.29, 1.82) is 0 Å². The van der Waals surface area contributed by atoms with Crippen molar-refractivity contribution in [1.82, 2.24) is 15.2 Å². The molecular formula is C37H38IN3O9. The van der Waals surface area contributed by atoms with Crippen LogP contribution in [0.5, 0.6) is 17.2 Å². The summed E-state index contributed by atoms with van der Waals surface area (Å²) >= 11 is 2.06. The highest BCUT2D eigenvalue weighted by Gasteiger charge is 2.42. The average Bonchev–Trinajstić information content (AvgIpc) is 3.76. The van der Waals surface area contributed by atoms with Crippen molar-refractivity contribution in [3.05, 3.63) is 99.0 Å². The summed E-state index contributed by atoms with van der Waals surface area (Å²) < 4.78 is 24.1. The second-order valence-electron chi connectivity index (χ2n) is 11.9. The first kappa shape index (κ1) is 35.3. The number of H-pyrrole nitrogens is 1. The van der Waals surface area contributed by atoms with Crippen LogP contribution < -0.4 is 19.5 Å². The molecule has 2 aromatic heterocycles. The maximum absolute atomic E-state index is 14.5. The number of aromatic nitrogens is 1. The molecule has 12 nitrogen and oxygen atoms in total. The number of hydrogen-bond donors (Lipinski definition) is 5. The molecule has 3 aromatic carbocycles. The van der Waals surface area contributed by atoms with E-state index in [1.165, 1.54) is 25.2 Å². The number of fused-ring (bicyclic) bond motifs is 2. The maximum atomic E-state index is 14.5. The molecular weight excluding hydrogens is 757 g/mol. The standard InChI is InChI=1S/C37H38IN3O9/c1-47-29-9-5-7-23-18-32(50-34(23)29)37(46)41(12-10-25-16-22-6-3-4-8-27(22)40-25)28-17-24(36(45)39-11-13-42)19-30(33(28)44)49-35-26(38)14-21(20-43)15-31(35)48-2/h3-9,14-16,18-19,28,30,33,40,42-44H,10-13,17,20H2,1-2H3,(H,39,45)/t28-,30+,33+/m1/s1. The van der Waals surface area contributed by atoms with Gasteiger partial charge in [-0.2, -0.15) is 0 Å². The van der Waals surface area contributed by atoms with E-state index < -0.39 is 30.1 Å². The summed E-state index contributed by atoms with van der Waals surface area (Å²) in [7, 11) is 2.99. The van der Waals surface area contributed by atoms with Gasteiger partial charge in [-0.1, -0.05) is 30.3 Å². The van der Waals surface area contributed by atoms with Gasteiger partial charge in [0.05, 0.1) is 37.0 Å². The van der Waals surface area contributed by atoms with Gasteiger partial charge in [0, 0.05) is 48.1 Å². The van der Waals surface area contributed by atoms with Crippen LogP contribution in [0.1, 0.15) is 28.2 Å². The van der Waals surface area contributed by atoms with Gasteiger partial charge in [-0.3, -0.25) is 9.59 Å². The van der Waals surface area contributed by atoms with Crippen LogP contribution in [0.15, 0.2) is 82.8 Å². The lowest BCUT2D eigenvalue weighted by atomic mass is 9.87. The Bertz CT molecular complexity index is 2000. The lowest BCUT2D eigenvalue weighted by Crippen LogP contribution is -2.55. The molecule has 0 bridgehead atoms. The van der Waals surface area contributed by atoms with Crippen molar-refractivity contribution in [2.45, 2.75) is 37.7 Å². The van der Waals surface area contributed by atoms with Gasteiger partial charge in [0.15, 0.2) is 28.6 Å². The van der Waals surface area contributed by atoms with E-state index in [4.69, 9.17) is 18.6 Å². The lowest BCUT2D eigenvalue weighted by molar-refractivity contribution is -0.118. The van der Waals surface area contributed by atoms with Crippen molar-refractivity contribution >= 4 is 56.3 Å². The van der Waals surface area contributed by atoms with E-state index >= 15 is 0 Å². The molecule has 2 heterocycles. The highest BCUT2D eigenvalue weighted by molar-refractivity contribution is 14.1. The topological polar surface area (TPSA) is 167 Å². The fraction of sp³-hybridized carbons (Fsp3) is 0.297. The van der Waals surface area contributed by atoms with Crippen molar-refractivity contribution in [2.75, 3.05) is 33.9 Å². The molecule has 3 atom stereocenters. The van der Waals surface area contributed by atoms with E-state index in [1.807, 2.05) is 36.4 Å². The number of methoxy groups -OCH3 is 2. The molecule has 0 saturated carbocycles. The third-order valence-electron chi connectivity index (χ3n) is 8.75. The number of halogens is 1. The zero-order valence-electron chi connectivity index (χ0n) is 27.5. The number of aliphatic hydroxyl groups excluding tert-OH is 3. The SMILES string of the molecule is COc1cc(CO)cc(I)c1O[C@H]1C=C(C(=O)NCCO)C[C@@H](N(CCc2cc3ccccc3[nH]2)C(=O)c2cc3cccc(OC)c3o2)[C@@H]1O. The van der Waals surface area contributed by atoms with E-state index in [2.05, 4.69) is 32.9 Å². The van der Waals surface area contributed by atoms with Crippen LogP contribution in [0.4, 0.5) is 0 Å². The zero-order valence-corrected chi connectivity index (χ0v) is 29.7. The molecule has 0 unspecified atom stereocenters. The number of hydrogen-bond acceptors (Lipinski definition) is 9. The predicted molar refractivity (Wildman–Crippen MR) is 194 cm³/mol. The van der Waals surface area contributed by atoms with Crippen LogP contribution >= 0.6 is 22.6 Å². The number of nitrogens with one attached hydrogen (secondary N) is 2. The number of para-hydroxylation sites is 2. The Morgan fingerprint density at radius 1 is 1.02 bits per heavy atom. The van der Waals surface area contributed by atoms with Crippen LogP contribution in [0.25, 0.3) is 21.9 Å². The molecule has 0 radical (unpaired) electrons. The number of nitrogens with zero attached hydrogens (tertiary/aromatic N) is 1. The number of ether oxygens (including phenoxy) is 3. The summed E-state index contributed by atoms with van der Waals surface area (Å²) in [6, 6.07) is 19.3. The highest BCUT2D eigenvalue weighted by Crippen LogP contribution is 2.38. The summed E-state index contributed by atoms with van der Waals surface area (Å²) in [6.07, 6.45) is -0.450. The Hall–Kier alpha value is -4.57. The average molecular weight is 796 g/mol. The van der Waals surface area contributed by atoms with E-state index in [0.717, 1.165) is 16.6 Å². The number of amides is 2. The lowest BCUT2D eigenvalue weighted by Gasteiger charge is -2.40. The Balaban J connectivity index is 1.40. The van der Waals surface area contributed by atoms with Gasteiger partial charge in [0.2, 0.25) is 5.91 Å². The molecule has 1 aliphatic rings. The van der Waals surface area contributed by atoms with E-state index in [9.17, 15) is 24.9 Å². The first-order valence-corrected chi connectivity index (χ1v) is 17.2. The number of aromatic amines is 1. The van der Waals surface area contributed by atoms with Crippen LogP contribution in [0.3, 0.4) is 0 Å². The number of rotatable bonds is 13. The molecule has 5 aromatic rings.